The molecule has 0 aliphatic rings. The molecule has 2 aromatic carbocycles. The fraction of sp³-hybridized carbons (Fsp3) is 0.211. The fourth-order valence-corrected chi connectivity index (χ4v) is 2.44. The van der Waals surface area contributed by atoms with Gasteiger partial charge in [0.05, 0.1) is 18.2 Å². The molecule has 134 valence electrons. The molecule has 0 bridgehead atoms. The Morgan fingerprint density at radius 1 is 1.23 bits per heavy atom. The van der Waals surface area contributed by atoms with Gasteiger partial charge in [0.1, 0.15) is 6.54 Å². The average molecular weight is 372 g/mol. The van der Waals surface area contributed by atoms with Gasteiger partial charge >= 0.3 is 5.97 Å². The standard InChI is InChI=1S/C19H18ClN3O3/c1-2-26-18(24)12-22-17-8-13(10-21)6-7-15(17)11-23-19(25)14-4-3-5-16(20)9-14/h3-9,22H,2,11-12H2,1H3,(H,23,25). The van der Waals surface area contributed by atoms with E-state index in [9.17, 15) is 9.59 Å². The molecule has 0 spiro atoms. The lowest BCUT2D eigenvalue weighted by atomic mass is 10.1. The summed E-state index contributed by atoms with van der Waals surface area (Å²) in [6.45, 7) is 2.21. The first kappa shape index (κ1) is 19.3. The predicted octanol–water partition coefficient (Wildman–Crippen LogP) is 3.12. The van der Waals surface area contributed by atoms with Crippen molar-refractivity contribution in [1.82, 2.24) is 5.32 Å². The lowest BCUT2D eigenvalue weighted by Crippen LogP contribution is -2.24. The molecule has 7 heteroatoms. The third kappa shape index (κ3) is 5.50. The molecule has 0 aromatic heterocycles. The van der Waals surface area contributed by atoms with E-state index >= 15 is 0 Å². The average Bonchev–Trinajstić information content (AvgIpc) is 2.65. The lowest BCUT2D eigenvalue weighted by Gasteiger charge is -2.13. The monoisotopic (exact) mass is 371 g/mol. The maximum atomic E-state index is 12.2. The number of esters is 1. The largest absolute Gasteiger partial charge is 0.465 e. The van der Waals surface area contributed by atoms with Crippen LogP contribution in [0.25, 0.3) is 0 Å². The van der Waals surface area contributed by atoms with E-state index in [4.69, 9.17) is 21.6 Å². The Labute approximate surface area is 156 Å². The molecule has 0 aliphatic carbocycles. The number of hydrogen-bond donors (Lipinski definition) is 2. The summed E-state index contributed by atoms with van der Waals surface area (Å²) < 4.78 is 4.88. The van der Waals surface area contributed by atoms with Gasteiger partial charge in [-0.1, -0.05) is 23.7 Å². The number of carbonyl (C=O) groups is 2. The number of nitrogens with zero attached hydrogens (tertiary/aromatic N) is 1. The summed E-state index contributed by atoms with van der Waals surface area (Å²) >= 11 is 5.90. The van der Waals surface area contributed by atoms with Crippen molar-refractivity contribution in [2.75, 3.05) is 18.5 Å². The van der Waals surface area contributed by atoms with Crippen LogP contribution in [0.1, 0.15) is 28.4 Å². The number of hydrogen-bond acceptors (Lipinski definition) is 5. The first-order valence-corrected chi connectivity index (χ1v) is 8.37. The summed E-state index contributed by atoms with van der Waals surface area (Å²) in [5, 5.41) is 15.3. The summed E-state index contributed by atoms with van der Waals surface area (Å²) in [5.74, 6) is -0.669. The van der Waals surface area contributed by atoms with Crippen molar-refractivity contribution < 1.29 is 14.3 Å². The van der Waals surface area contributed by atoms with Crippen LogP contribution in [0.4, 0.5) is 5.69 Å². The summed E-state index contributed by atoms with van der Waals surface area (Å²) in [7, 11) is 0. The van der Waals surface area contributed by atoms with Crippen LogP contribution in [-0.4, -0.2) is 25.0 Å². The molecule has 0 fully saturated rings. The molecule has 26 heavy (non-hydrogen) atoms. The van der Waals surface area contributed by atoms with Crippen molar-refractivity contribution in [3.05, 3.63) is 64.2 Å². The molecule has 2 rings (SSSR count). The van der Waals surface area contributed by atoms with E-state index in [0.29, 0.717) is 28.4 Å². The second-order valence-corrected chi connectivity index (χ2v) is 5.77. The smallest absolute Gasteiger partial charge is 0.325 e. The second-order valence-electron chi connectivity index (χ2n) is 5.34. The number of nitriles is 1. The zero-order valence-corrected chi connectivity index (χ0v) is 15.0. The topological polar surface area (TPSA) is 91.2 Å². The Bertz CT molecular complexity index is 846. The third-order valence-corrected chi connectivity index (χ3v) is 3.73. The Balaban J connectivity index is 2.08. The van der Waals surface area contributed by atoms with E-state index in [1.807, 2.05) is 6.07 Å². The van der Waals surface area contributed by atoms with Gasteiger partial charge in [0.15, 0.2) is 0 Å². The van der Waals surface area contributed by atoms with Crippen LogP contribution in [-0.2, 0) is 16.1 Å². The Morgan fingerprint density at radius 3 is 2.73 bits per heavy atom. The van der Waals surface area contributed by atoms with Crippen molar-refractivity contribution in [1.29, 1.82) is 5.26 Å². The van der Waals surface area contributed by atoms with Gasteiger partial charge in [0.2, 0.25) is 0 Å². The van der Waals surface area contributed by atoms with Crippen LogP contribution in [0.15, 0.2) is 42.5 Å². The van der Waals surface area contributed by atoms with Crippen LogP contribution in [0.5, 0.6) is 0 Å². The van der Waals surface area contributed by atoms with Gasteiger partial charge in [0, 0.05) is 22.8 Å². The van der Waals surface area contributed by atoms with E-state index in [1.165, 1.54) is 0 Å². The molecule has 0 saturated heterocycles. The van der Waals surface area contributed by atoms with Crippen molar-refractivity contribution in [3.8, 4) is 6.07 Å². The molecular weight excluding hydrogens is 354 g/mol. The van der Waals surface area contributed by atoms with Gasteiger partial charge in [-0.2, -0.15) is 5.26 Å². The summed E-state index contributed by atoms with van der Waals surface area (Å²) in [6.07, 6.45) is 0. The first-order valence-electron chi connectivity index (χ1n) is 7.99. The Hall–Kier alpha value is -3.04. The number of rotatable bonds is 7. The number of anilines is 1. The molecule has 0 heterocycles. The normalized spacial score (nSPS) is 9.88. The molecule has 0 unspecified atom stereocenters. The minimum absolute atomic E-state index is 0.0298. The van der Waals surface area contributed by atoms with Crippen molar-refractivity contribution in [2.24, 2.45) is 0 Å². The highest BCUT2D eigenvalue weighted by Gasteiger charge is 2.10. The molecule has 0 saturated carbocycles. The minimum Gasteiger partial charge on any atom is -0.465 e. The minimum atomic E-state index is -0.399. The molecule has 0 aliphatic heterocycles. The summed E-state index contributed by atoms with van der Waals surface area (Å²) in [5.41, 5.74) is 2.22. The zero-order valence-electron chi connectivity index (χ0n) is 14.2. The van der Waals surface area contributed by atoms with Gasteiger partial charge in [-0.25, -0.2) is 0 Å². The quantitative estimate of drug-likeness (QED) is 0.729. The number of benzene rings is 2. The third-order valence-electron chi connectivity index (χ3n) is 3.49. The zero-order chi connectivity index (χ0) is 18.9. The predicted molar refractivity (Wildman–Crippen MR) is 98.9 cm³/mol. The molecule has 0 atom stereocenters. The molecule has 1 amide bonds. The second kappa shape index (κ2) is 9.44. The number of halogens is 1. The van der Waals surface area contributed by atoms with E-state index in [0.717, 1.165) is 5.56 Å². The van der Waals surface area contributed by atoms with Gasteiger partial charge in [-0.05, 0) is 42.8 Å². The van der Waals surface area contributed by atoms with Gasteiger partial charge in [-0.3, -0.25) is 9.59 Å². The van der Waals surface area contributed by atoms with Gasteiger partial charge in [-0.15, -0.1) is 0 Å². The highest BCUT2D eigenvalue weighted by molar-refractivity contribution is 6.30. The van der Waals surface area contributed by atoms with Crippen molar-refractivity contribution >= 4 is 29.2 Å². The van der Waals surface area contributed by atoms with Crippen LogP contribution in [0.3, 0.4) is 0 Å². The highest BCUT2D eigenvalue weighted by Crippen LogP contribution is 2.18. The van der Waals surface area contributed by atoms with Crippen molar-refractivity contribution in [2.45, 2.75) is 13.5 Å². The number of nitrogens with one attached hydrogen (secondary N) is 2. The lowest BCUT2D eigenvalue weighted by molar-refractivity contribution is -0.140. The summed E-state index contributed by atoms with van der Waals surface area (Å²) in [6, 6.07) is 13.7. The van der Waals surface area contributed by atoms with Gasteiger partial charge < -0.3 is 15.4 Å². The van der Waals surface area contributed by atoms with E-state index in [-0.39, 0.29) is 19.0 Å². The maximum Gasteiger partial charge on any atom is 0.325 e. The van der Waals surface area contributed by atoms with Crippen LogP contribution >= 0.6 is 11.6 Å². The van der Waals surface area contributed by atoms with E-state index in [1.54, 1.807) is 49.4 Å². The summed E-state index contributed by atoms with van der Waals surface area (Å²) in [4.78, 5) is 23.8. The van der Waals surface area contributed by atoms with Crippen LogP contribution in [0.2, 0.25) is 5.02 Å². The fourth-order valence-electron chi connectivity index (χ4n) is 2.25. The van der Waals surface area contributed by atoms with Gasteiger partial charge in [0.25, 0.3) is 5.91 Å². The van der Waals surface area contributed by atoms with E-state index < -0.39 is 5.97 Å². The Morgan fingerprint density at radius 2 is 2.04 bits per heavy atom. The highest BCUT2D eigenvalue weighted by atomic mass is 35.5. The molecule has 6 nitrogen and oxygen atoms in total. The van der Waals surface area contributed by atoms with Crippen molar-refractivity contribution in [3.63, 3.8) is 0 Å². The number of carbonyl (C=O) groups excluding carboxylic acids is 2. The SMILES string of the molecule is CCOC(=O)CNc1cc(C#N)ccc1CNC(=O)c1cccc(Cl)c1. The molecule has 2 N–H and O–H groups in total. The first-order chi connectivity index (χ1) is 12.5. The molecular formula is C19H18ClN3O3. The Kier molecular flexibility index (Phi) is 7.01. The number of ether oxygens (including phenoxy) is 1. The molecule has 0 radical (unpaired) electrons. The van der Waals surface area contributed by atoms with E-state index in [2.05, 4.69) is 10.6 Å². The van der Waals surface area contributed by atoms with Crippen LogP contribution < -0.4 is 10.6 Å². The maximum absolute atomic E-state index is 12.2. The molecule has 2 aromatic rings. The number of amides is 1. The van der Waals surface area contributed by atoms with Crippen LogP contribution in [0, 0.1) is 11.3 Å².